The number of anilines is 1. The molecule has 1 aromatic carbocycles. The van der Waals surface area contributed by atoms with Gasteiger partial charge in [0.15, 0.2) is 5.69 Å². The van der Waals surface area contributed by atoms with Gasteiger partial charge < -0.3 is 10.4 Å². The van der Waals surface area contributed by atoms with E-state index in [4.69, 9.17) is 10.4 Å². The Balaban J connectivity index is 2.64. The number of nitrogens with zero attached hydrogens (tertiary/aromatic N) is 3. The van der Waals surface area contributed by atoms with Gasteiger partial charge in [-0.2, -0.15) is 5.26 Å². The fraction of sp³-hybridized carbons (Fsp3) is 0.250. The van der Waals surface area contributed by atoms with Gasteiger partial charge in [-0.3, -0.25) is 0 Å². The van der Waals surface area contributed by atoms with Crippen LogP contribution in [0.3, 0.4) is 0 Å². The molecule has 86 valence electrons. The lowest BCUT2D eigenvalue weighted by Gasteiger charge is -2.09. The van der Waals surface area contributed by atoms with Crippen LogP contribution in [0.2, 0.25) is 0 Å². The van der Waals surface area contributed by atoms with E-state index in [0.717, 1.165) is 16.5 Å². The number of rotatable bonds is 3. The van der Waals surface area contributed by atoms with Gasteiger partial charge in [-0.25, -0.2) is 0 Å². The van der Waals surface area contributed by atoms with E-state index in [0.29, 0.717) is 12.2 Å². The summed E-state index contributed by atoms with van der Waals surface area (Å²) in [6.07, 6.45) is 0. The van der Waals surface area contributed by atoms with E-state index < -0.39 is 0 Å². The zero-order valence-electron chi connectivity index (χ0n) is 9.44. The van der Waals surface area contributed by atoms with Crippen LogP contribution in [0.5, 0.6) is 0 Å². The molecule has 0 aliphatic heterocycles. The standard InChI is InChI=1S/C12H12N4O/c1-8-2-3-10-9(6-8)12(14-4-5-17)11(7-13)16-15-10/h2-3,6,17H,4-5H2,1H3,(H,14,15). The lowest BCUT2D eigenvalue weighted by atomic mass is 10.1. The second-order valence-electron chi connectivity index (χ2n) is 3.71. The molecule has 0 radical (unpaired) electrons. The number of aryl methyl sites for hydroxylation is 1. The molecular weight excluding hydrogens is 216 g/mol. The van der Waals surface area contributed by atoms with Crippen molar-refractivity contribution in [3.8, 4) is 6.07 Å². The minimum absolute atomic E-state index is 0.000497. The number of benzene rings is 1. The van der Waals surface area contributed by atoms with Crippen LogP contribution in [-0.2, 0) is 0 Å². The molecule has 5 nitrogen and oxygen atoms in total. The molecule has 17 heavy (non-hydrogen) atoms. The third-order valence-electron chi connectivity index (χ3n) is 2.44. The number of aliphatic hydroxyl groups is 1. The van der Waals surface area contributed by atoms with Gasteiger partial charge in [0, 0.05) is 11.9 Å². The highest BCUT2D eigenvalue weighted by Crippen LogP contribution is 2.24. The van der Waals surface area contributed by atoms with Crippen LogP contribution in [0.15, 0.2) is 18.2 Å². The molecular formula is C12H12N4O. The first-order chi connectivity index (χ1) is 8.26. The molecule has 0 saturated carbocycles. The average Bonchev–Trinajstić information content (AvgIpc) is 2.35. The molecule has 1 heterocycles. The molecule has 2 N–H and O–H groups in total. The van der Waals surface area contributed by atoms with Crippen molar-refractivity contribution in [3.05, 3.63) is 29.5 Å². The number of nitrogens with one attached hydrogen (secondary N) is 1. The summed E-state index contributed by atoms with van der Waals surface area (Å²) < 4.78 is 0. The van der Waals surface area contributed by atoms with E-state index in [1.54, 1.807) is 0 Å². The first-order valence-corrected chi connectivity index (χ1v) is 5.28. The van der Waals surface area contributed by atoms with Gasteiger partial charge in [-0.15, -0.1) is 10.2 Å². The van der Waals surface area contributed by atoms with Crippen LogP contribution < -0.4 is 5.32 Å². The van der Waals surface area contributed by atoms with E-state index in [1.165, 1.54) is 0 Å². The maximum absolute atomic E-state index is 8.99. The van der Waals surface area contributed by atoms with Gasteiger partial charge in [0.05, 0.1) is 17.8 Å². The topological polar surface area (TPSA) is 81.8 Å². The maximum Gasteiger partial charge on any atom is 0.186 e. The Bertz CT molecular complexity index is 589. The molecule has 1 aromatic heterocycles. The van der Waals surface area contributed by atoms with Crippen molar-refractivity contribution in [2.45, 2.75) is 6.92 Å². The van der Waals surface area contributed by atoms with E-state index in [1.807, 2.05) is 31.2 Å². The highest BCUT2D eigenvalue weighted by molar-refractivity contribution is 5.93. The zero-order chi connectivity index (χ0) is 12.3. The Morgan fingerprint density at radius 3 is 2.94 bits per heavy atom. The van der Waals surface area contributed by atoms with Crippen LogP contribution in [0.25, 0.3) is 10.9 Å². The fourth-order valence-electron chi connectivity index (χ4n) is 1.66. The average molecular weight is 228 g/mol. The predicted octanol–water partition coefficient (Wildman–Crippen LogP) is 1.21. The molecule has 0 aliphatic rings. The number of aromatic nitrogens is 2. The summed E-state index contributed by atoms with van der Waals surface area (Å²) in [4.78, 5) is 0. The molecule has 0 atom stereocenters. The molecule has 2 aromatic rings. The van der Waals surface area contributed by atoms with Gasteiger partial charge in [0.25, 0.3) is 0 Å². The van der Waals surface area contributed by atoms with E-state index in [9.17, 15) is 0 Å². The predicted molar refractivity (Wildman–Crippen MR) is 64.6 cm³/mol. The van der Waals surface area contributed by atoms with Crippen molar-refractivity contribution in [3.63, 3.8) is 0 Å². The van der Waals surface area contributed by atoms with Crippen LogP contribution in [0.4, 0.5) is 5.69 Å². The molecule has 0 bridgehead atoms. The van der Waals surface area contributed by atoms with Gasteiger partial charge in [-0.05, 0) is 19.1 Å². The number of nitriles is 1. The van der Waals surface area contributed by atoms with Crippen LogP contribution >= 0.6 is 0 Å². The van der Waals surface area contributed by atoms with Gasteiger partial charge in [0.1, 0.15) is 6.07 Å². The van der Waals surface area contributed by atoms with Crippen LogP contribution in [0.1, 0.15) is 11.3 Å². The smallest absolute Gasteiger partial charge is 0.186 e. The summed E-state index contributed by atoms with van der Waals surface area (Å²) >= 11 is 0. The number of fused-ring (bicyclic) bond motifs is 1. The van der Waals surface area contributed by atoms with Crippen molar-refractivity contribution in [1.82, 2.24) is 10.2 Å². The van der Waals surface area contributed by atoms with Gasteiger partial charge >= 0.3 is 0 Å². The van der Waals surface area contributed by atoms with E-state index in [-0.39, 0.29) is 12.3 Å². The minimum atomic E-state index is 0.000497. The fourth-order valence-corrected chi connectivity index (χ4v) is 1.66. The molecule has 5 heteroatoms. The summed E-state index contributed by atoms with van der Waals surface area (Å²) in [7, 11) is 0. The Kier molecular flexibility index (Phi) is 3.17. The highest BCUT2D eigenvalue weighted by Gasteiger charge is 2.09. The van der Waals surface area contributed by atoms with Crippen LogP contribution in [0, 0.1) is 18.3 Å². The van der Waals surface area contributed by atoms with E-state index >= 15 is 0 Å². The normalized spacial score (nSPS) is 10.2. The minimum Gasteiger partial charge on any atom is -0.395 e. The van der Waals surface area contributed by atoms with Gasteiger partial charge in [0.2, 0.25) is 0 Å². The molecule has 0 saturated heterocycles. The van der Waals surface area contributed by atoms with Crippen LogP contribution in [-0.4, -0.2) is 28.5 Å². The SMILES string of the molecule is Cc1ccc2nnc(C#N)c(NCCO)c2c1. The summed E-state index contributed by atoms with van der Waals surface area (Å²) in [6.45, 7) is 2.35. The number of hydrogen-bond acceptors (Lipinski definition) is 5. The Morgan fingerprint density at radius 1 is 1.41 bits per heavy atom. The third-order valence-corrected chi connectivity index (χ3v) is 2.44. The summed E-state index contributed by atoms with van der Waals surface area (Å²) in [6, 6.07) is 7.75. The Labute approximate surface area is 98.7 Å². The number of hydrogen-bond donors (Lipinski definition) is 2. The molecule has 0 amide bonds. The van der Waals surface area contributed by atoms with Crippen molar-refractivity contribution >= 4 is 16.6 Å². The zero-order valence-corrected chi connectivity index (χ0v) is 9.44. The number of aliphatic hydroxyl groups excluding tert-OH is 1. The van der Waals surface area contributed by atoms with Crippen molar-refractivity contribution in [2.24, 2.45) is 0 Å². The molecule has 2 rings (SSSR count). The third kappa shape index (κ3) is 2.17. The molecule has 0 unspecified atom stereocenters. The monoisotopic (exact) mass is 228 g/mol. The molecule has 0 spiro atoms. The molecule has 0 aliphatic carbocycles. The second-order valence-corrected chi connectivity index (χ2v) is 3.71. The summed E-state index contributed by atoms with van der Waals surface area (Å²) in [5, 5.41) is 29.5. The molecule has 0 fully saturated rings. The summed E-state index contributed by atoms with van der Waals surface area (Å²) in [5.74, 6) is 0. The van der Waals surface area contributed by atoms with E-state index in [2.05, 4.69) is 15.5 Å². The summed E-state index contributed by atoms with van der Waals surface area (Å²) in [5.41, 5.74) is 2.70. The quantitative estimate of drug-likeness (QED) is 0.825. The first kappa shape index (κ1) is 11.3. The van der Waals surface area contributed by atoms with Crippen molar-refractivity contribution in [2.75, 3.05) is 18.5 Å². The highest BCUT2D eigenvalue weighted by atomic mass is 16.3. The van der Waals surface area contributed by atoms with Crippen molar-refractivity contribution < 1.29 is 5.11 Å². The van der Waals surface area contributed by atoms with Crippen molar-refractivity contribution in [1.29, 1.82) is 5.26 Å². The lowest BCUT2D eigenvalue weighted by Crippen LogP contribution is -2.09. The maximum atomic E-state index is 8.99. The van der Waals surface area contributed by atoms with Gasteiger partial charge in [-0.1, -0.05) is 11.6 Å². The second kappa shape index (κ2) is 4.76. The largest absolute Gasteiger partial charge is 0.395 e. The Hall–Kier alpha value is -2.19. The Morgan fingerprint density at radius 2 is 2.24 bits per heavy atom. The lowest BCUT2D eigenvalue weighted by molar-refractivity contribution is 0.311. The first-order valence-electron chi connectivity index (χ1n) is 5.28.